The van der Waals surface area contributed by atoms with Crippen molar-refractivity contribution in [3.63, 3.8) is 0 Å². The number of pyridine rings is 1. The van der Waals surface area contributed by atoms with Gasteiger partial charge in [-0.15, -0.1) is 0 Å². The second-order valence-electron chi connectivity index (χ2n) is 5.46. The maximum atomic E-state index is 12.7. The summed E-state index contributed by atoms with van der Waals surface area (Å²) in [6.07, 6.45) is -3.39. The van der Waals surface area contributed by atoms with E-state index in [1.54, 1.807) is 12.1 Å². The third kappa shape index (κ3) is 2.78. The minimum Gasteiger partial charge on any atom is -0.327 e. The van der Waals surface area contributed by atoms with E-state index in [4.69, 9.17) is 5.73 Å². The van der Waals surface area contributed by atoms with Crippen LogP contribution in [0.2, 0.25) is 0 Å². The predicted molar refractivity (Wildman–Crippen MR) is 74.7 cm³/mol. The summed E-state index contributed by atoms with van der Waals surface area (Å²) < 4.78 is 38.2. The van der Waals surface area contributed by atoms with Gasteiger partial charge in [-0.1, -0.05) is 18.2 Å². The van der Waals surface area contributed by atoms with E-state index >= 15 is 0 Å². The molecule has 0 radical (unpaired) electrons. The van der Waals surface area contributed by atoms with E-state index in [0.717, 1.165) is 29.8 Å². The van der Waals surface area contributed by atoms with Gasteiger partial charge in [-0.2, -0.15) is 13.2 Å². The zero-order valence-corrected chi connectivity index (χ0v) is 11.5. The number of aryl methyl sites for hydroxylation is 1. The molecule has 1 aliphatic carbocycles. The van der Waals surface area contributed by atoms with Crippen molar-refractivity contribution in [2.75, 3.05) is 0 Å². The molecule has 110 valence electrons. The van der Waals surface area contributed by atoms with Crippen LogP contribution in [0.1, 0.15) is 29.2 Å². The van der Waals surface area contributed by atoms with Gasteiger partial charge in [0.05, 0.1) is 11.3 Å². The molecule has 0 aliphatic heterocycles. The molecule has 3 rings (SSSR count). The van der Waals surface area contributed by atoms with Gasteiger partial charge in [-0.05, 0) is 37.1 Å². The quantitative estimate of drug-likeness (QED) is 0.912. The lowest BCUT2D eigenvalue weighted by molar-refractivity contribution is -0.137. The summed E-state index contributed by atoms with van der Waals surface area (Å²) >= 11 is 0. The monoisotopic (exact) mass is 292 g/mol. The summed E-state index contributed by atoms with van der Waals surface area (Å²) in [5.74, 6) is 0.341. The van der Waals surface area contributed by atoms with E-state index in [-0.39, 0.29) is 6.04 Å². The number of alkyl halides is 3. The van der Waals surface area contributed by atoms with Crippen LogP contribution in [0.4, 0.5) is 13.2 Å². The molecule has 1 saturated carbocycles. The number of hydrogen-bond donors (Lipinski definition) is 1. The van der Waals surface area contributed by atoms with Crippen LogP contribution >= 0.6 is 0 Å². The fraction of sp³-hybridized carbons (Fsp3) is 0.312. The zero-order chi connectivity index (χ0) is 15.2. The van der Waals surface area contributed by atoms with E-state index in [9.17, 15) is 13.2 Å². The van der Waals surface area contributed by atoms with Crippen molar-refractivity contribution in [3.05, 3.63) is 53.2 Å². The highest BCUT2D eigenvalue weighted by Crippen LogP contribution is 2.40. The predicted octanol–water partition coefficient (Wildman–Crippen LogP) is 3.89. The van der Waals surface area contributed by atoms with Gasteiger partial charge in [-0.25, -0.2) is 0 Å². The Bertz CT molecular complexity index is 679. The third-order valence-corrected chi connectivity index (χ3v) is 3.85. The van der Waals surface area contributed by atoms with Gasteiger partial charge in [0, 0.05) is 23.2 Å². The van der Waals surface area contributed by atoms with Crippen molar-refractivity contribution in [3.8, 4) is 11.3 Å². The second-order valence-corrected chi connectivity index (χ2v) is 5.46. The Balaban J connectivity index is 1.96. The van der Waals surface area contributed by atoms with Gasteiger partial charge in [0.25, 0.3) is 0 Å². The molecule has 0 amide bonds. The molecule has 1 fully saturated rings. The number of nitrogens with two attached hydrogens (primary N) is 1. The number of halogens is 3. The normalized spacial score (nSPS) is 21.4. The highest BCUT2D eigenvalue weighted by atomic mass is 19.4. The molecule has 2 aromatic rings. The Morgan fingerprint density at radius 3 is 2.48 bits per heavy atom. The van der Waals surface area contributed by atoms with Crippen LogP contribution in [0.15, 0.2) is 36.4 Å². The molecular formula is C16H15F3N2. The maximum Gasteiger partial charge on any atom is 0.416 e. The van der Waals surface area contributed by atoms with E-state index in [1.807, 2.05) is 13.0 Å². The molecule has 5 heteroatoms. The topological polar surface area (TPSA) is 38.9 Å². The minimum absolute atomic E-state index is 0.185. The molecule has 1 aliphatic rings. The van der Waals surface area contributed by atoms with Crippen molar-refractivity contribution in [1.82, 2.24) is 4.98 Å². The van der Waals surface area contributed by atoms with Crippen molar-refractivity contribution >= 4 is 0 Å². The molecule has 2 atom stereocenters. The Morgan fingerprint density at radius 1 is 1.19 bits per heavy atom. The van der Waals surface area contributed by atoms with Crippen LogP contribution in [0.25, 0.3) is 11.3 Å². The average Bonchev–Trinajstić information content (AvgIpc) is 3.14. The average molecular weight is 292 g/mol. The van der Waals surface area contributed by atoms with Gasteiger partial charge in [0.15, 0.2) is 0 Å². The van der Waals surface area contributed by atoms with Gasteiger partial charge >= 0.3 is 6.18 Å². The molecule has 1 heterocycles. The van der Waals surface area contributed by atoms with E-state index in [2.05, 4.69) is 4.98 Å². The standard InChI is InChI=1S/C16H15F3N2/c1-9-12(13-8-14(13)20)5-6-15(21-9)10-3-2-4-11(7-10)16(17,18)19/h2-7,13-14H,8,20H2,1H3/t13-,14+/m0/s1. The second kappa shape index (κ2) is 4.84. The Kier molecular flexibility index (Phi) is 3.24. The zero-order valence-electron chi connectivity index (χ0n) is 11.5. The first-order chi connectivity index (χ1) is 9.86. The van der Waals surface area contributed by atoms with Crippen LogP contribution < -0.4 is 5.73 Å². The fourth-order valence-corrected chi connectivity index (χ4v) is 2.55. The summed E-state index contributed by atoms with van der Waals surface area (Å²) in [5, 5.41) is 0. The lowest BCUT2D eigenvalue weighted by Gasteiger charge is -2.10. The van der Waals surface area contributed by atoms with Gasteiger partial charge in [0.1, 0.15) is 0 Å². The molecule has 0 bridgehead atoms. The minimum atomic E-state index is -4.34. The number of rotatable bonds is 2. The van der Waals surface area contributed by atoms with Crippen LogP contribution in [0.5, 0.6) is 0 Å². The summed E-state index contributed by atoms with van der Waals surface area (Å²) in [6.45, 7) is 1.87. The van der Waals surface area contributed by atoms with Crippen LogP contribution in [-0.4, -0.2) is 11.0 Å². The molecule has 0 saturated heterocycles. The highest BCUT2D eigenvalue weighted by molar-refractivity contribution is 5.61. The lowest BCUT2D eigenvalue weighted by Crippen LogP contribution is -2.05. The van der Waals surface area contributed by atoms with Crippen molar-refractivity contribution in [2.45, 2.75) is 31.5 Å². The van der Waals surface area contributed by atoms with Gasteiger partial charge < -0.3 is 5.73 Å². The Hall–Kier alpha value is -1.88. The molecule has 2 nitrogen and oxygen atoms in total. The summed E-state index contributed by atoms with van der Waals surface area (Å²) in [7, 11) is 0. The highest BCUT2D eigenvalue weighted by Gasteiger charge is 2.36. The Morgan fingerprint density at radius 2 is 1.90 bits per heavy atom. The summed E-state index contributed by atoms with van der Waals surface area (Å²) in [6, 6.07) is 9.11. The third-order valence-electron chi connectivity index (χ3n) is 3.85. The molecule has 1 aromatic carbocycles. The molecule has 0 spiro atoms. The smallest absolute Gasteiger partial charge is 0.327 e. The number of aromatic nitrogens is 1. The van der Waals surface area contributed by atoms with Crippen molar-refractivity contribution < 1.29 is 13.2 Å². The first-order valence-corrected chi connectivity index (χ1v) is 6.77. The summed E-state index contributed by atoms with van der Waals surface area (Å²) in [4.78, 5) is 4.44. The van der Waals surface area contributed by atoms with E-state index in [1.165, 1.54) is 6.07 Å². The largest absolute Gasteiger partial charge is 0.416 e. The Labute approximate surface area is 120 Å². The molecule has 1 aromatic heterocycles. The van der Waals surface area contributed by atoms with Crippen LogP contribution in [0.3, 0.4) is 0 Å². The molecule has 21 heavy (non-hydrogen) atoms. The van der Waals surface area contributed by atoms with Crippen molar-refractivity contribution in [1.29, 1.82) is 0 Å². The molecule has 0 unspecified atom stereocenters. The first-order valence-electron chi connectivity index (χ1n) is 6.77. The summed E-state index contributed by atoms with van der Waals surface area (Å²) in [5.41, 5.74) is 8.13. The van der Waals surface area contributed by atoms with Gasteiger partial charge in [0.2, 0.25) is 0 Å². The first kappa shape index (κ1) is 14.1. The van der Waals surface area contributed by atoms with Gasteiger partial charge in [-0.3, -0.25) is 4.98 Å². The number of hydrogen-bond acceptors (Lipinski definition) is 2. The van der Waals surface area contributed by atoms with Crippen molar-refractivity contribution in [2.24, 2.45) is 5.73 Å². The van der Waals surface area contributed by atoms with Crippen LogP contribution in [0, 0.1) is 6.92 Å². The molecule has 2 N–H and O–H groups in total. The molecular weight excluding hydrogens is 277 g/mol. The van der Waals surface area contributed by atoms with E-state index < -0.39 is 11.7 Å². The van der Waals surface area contributed by atoms with Crippen LogP contribution in [-0.2, 0) is 6.18 Å². The maximum absolute atomic E-state index is 12.7. The number of benzene rings is 1. The lowest BCUT2D eigenvalue weighted by atomic mass is 10.0. The van der Waals surface area contributed by atoms with E-state index in [0.29, 0.717) is 17.2 Å². The fourth-order valence-electron chi connectivity index (χ4n) is 2.55. The number of nitrogens with zero attached hydrogens (tertiary/aromatic N) is 1. The SMILES string of the molecule is Cc1nc(-c2cccc(C(F)(F)F)c2)ccc1[C@@H]1C[C@H]1N.